The first kappa shape index (κ1) is 15.1. The Bertz CT molecular complexity index is 1070. The Morgan fingerprint density at radius 1 is 0.885 bits per heavy atom. The molecule has 0 unspecified atom stereocenters. The van der Waals surface area contributed by atoms with Crippen LogP contribution in [-0.4, -0.2) is 9.55 Å². The molecular formula is C22H18FN3. The summed E-state index contributed by atoms with van der Waals surface area (Å²) in [5.74, 6) is 0.620. The molecule has 0 aliphatic carbocycles. The molecule has 4 heteroatoms. The molecule has 0 fully saturated rings. The van der Waals surface area contributed by atoms with Gasteiger partial charge < -0.3 is 9.88 Å². The fourth-order valence-electron chi connectivity index (χ4n) is 3.92. The lowest BCUT2D eigenvalue weighted by molar-refractivity contribution is 0.457. The van der Waals surface area contributed by atoms with Crippen LogP contribution in [0.15, 0.2) is 78.9 Å². The first-order valence-corrected chi connectivity index (χ1v) is 8.84. The van der Waals surface area contributed by atoms with Crippen molar-refractivity contribution in [2.24, 2.45) is 0 Å². The van der Waals surface area contributed by atoms with E-state index in [2.05, 4.69) is 22.0 Å². The van der Waals surface area contributed by atoms with Crippen LogP contribution in [0, 0.1) is 5.82 Å². The van der Waals surface area contributed by atoms with Crippen LogP contribution in [0.25, 0.3) is 11.0 Å². The molecule has 4 aromatic rings. The molecule has 1 N–H and O–H groups in total. The standard InChI is InChI=1S/C22H18FN3/c23-17-11-5-4-10-16(17)21-14-19(15-8-2-1-3-9-15)25-22-24-18-12-6-7-13-20(18)26(21)22/h1-13,19,21H,14H2,(H,24,25)/t19-,21+/m1/s1. The lowest BCUT2D eigenvalue weighted by atomic mass is 9.92. The average Bonchev–Trinajstić information content (AvgIpc) is 3.07. The quantitative estimate of drug-likeness (QED) is 0.534. The van der Waals surface area contributed by atoms with Crippen molar-refractivity contribution in [1.82, 2.24) is 9.55 Å². The van der Waals surface area contributed by atoms with Crippen molar-refractivity contribution in [3.8, 4) is 0 Å². The van der Waals surface area contributed by atoms with Crippen LogP contribution in [0.5, 0.6) is 0 Å². The van der Waals surface area contributed by atoms with E-state index in [0.717, 1.165) is 23.4 Å². The summed E-state index contributed by atoms with van der Waals surface area (Å²) in [7, 11) is 0. The number of benzene rings is 3. The number of hydrogen-bond acceptors (Lipinski definition) is 2. The molecule has 26 heavy (non-hydrogen) atoms. The summed E-state index contributed by atoms with van der Waals surface area (Å²) in [6.45, 7) is 0. The van der Waals surface area contributed by atoms with Crippen molar-refractivity contribution < 1.29 is 4.39 Å². The molecule has 1 aliphatic rings. The zero-order valence-corrected chi connectivity index (χ0v) is 14.1. The van der Waals surface area contributed by atoms with Crippen LogP contribution in [-0.2, 0) is 0 Å². The highest BCUT2D eigenvalue weighted by atomic mass is 19.1. The summed E-state index contributed by atoms with van der Waals surface area (Å²) in [6, 6.07) is 25.3. The second-order valence-electron chi connectivity index (χ2n) is 6.67. The number of halogens is 1. The number of hydrogen-bond donors (Lipinski definition) is 1. The van der Waals surface area contributed by atoms with Gasteiger partial charge in [-0.1, -0.05) is 60.7 Å². The third-order valence-electron chi connectivity index (χ3n) is 5.14. The largest absolute Gasteiger partial charge is 0.349 e. The van der Waals surface area contributed by atoms with Crippen molar-refractivity contribution in [3.05, 3.63) is 95.8 Å². The van der Waals surface area contributed by atoms with E-state index < -0.39 is 0 Å². The number of nitrogens with one attached hydrogen (secondary N) is 1. The number of aromatic nitrogens is 2. The number of fused-ring (bicyclic) bond motifs is 3. The molecule has 1 aliphatic heterocycles. The first-order valence-electron chi connectivity index (χ1n) is 8.84. The predicted octanol–water partition coefficient (Wildman–Crippen LogP) is 5.32. The molecule has 0 radical (unpaired) electrons. The molecule has 0 saturated carbocycles. The number of anilines is 1. The van der Waals surface area contributed by atoms with Gasteiger partial charge in [0, 0.05) is 5.56 Å². The smallest absolute Gasteiger partial charge is 0.204 e. The van der Waals surface area contributed by atoms with Gasteiger partial charge in [0.15, 0.2) is 0 Å². The Hall–Kier alpha value is -3.14. The van der Waals surface area contributed by atoms with Gasteiger partial charge >= 0.3 is 0 Å². The van der Waals surface area contributed by atoms with Gasteiger partial charge in [-0.2, -0.15) is 0 Å². The Morgan fingerprint density at radius 2 is 1.62 bits per heavy atom. The summed E-state index contributed by atoms with van der Waals surface area (Å²) in [5, 5.41) is 3.55. The lowest BCUT2D eigenvalue weighted by Crippen LogP contribution is -2.27. The summed E-state index contributed by atoms with van der Waals surface area (Å²) in [4.78, 5) is 4.76. The monoisotopic (exact) mass is 343 g/mol. The van der Waals surface area contributed by atoms with E-state index >= 15 is 0 Å². The van der Waals surface area contributed by atoms with E-state index in [1.54, 1.807) is 6.07 Å². The van der Waals surface area contributed by atoms with Gasteiger partial charge in [-0.25, -0.2) is 9.37 Å². The maximum absolute atomic E-state index is 14.6. The van der Waals surface area contributed by atoms with Crippen molar-refractivity contribution >= 4 is 17.0 Å². The molecule has 128 valence electrons. The third-order valence-corrected chi connectivity index (χ3v) is 5.14. The molecule has 0 spiro atoms. The fourth-order valence-corrected chi connectivity index (χ4v) is 3.92. The maximum Gasteiger partial charge on any atom is 0.204 e. The Labute approximate surface area is 151 Å². The summed E-state index contributed by atoms with van der Waals surface area (Å²) < 4.78 is 16.8. The first-order chi connectivity index (χ1) is 12.8. The zero-order chi connectivity index (χ0) is 17.5. The van der Waals surface area contributed by atoms with E-state index in [1.807, 2.05) is 54.6 Å². The minimum atomic E-state index is -0.171. The average molecular weight is 343 g/mol. The number of nitrogens with zero attached hydrogens (tertiary/aromatic N) is 2. The number of imidazole rings is 1. The highest BCUT2D eigenvalue weighted by Gasteiger charge is 2.32. The highest BCUT2D eigenvalue weighted by Crippen LogP contribution is 2.41. The normalized spacial score (nSPS) is 19.1. The number of para-hydroxylation sites is 2. The predicted molar refractivity (Wildman–Crippen MR) is 102 cm³/mol. The maximum atomic E-state index is 14.6. The molecule has 3 nitrogen and oxygen atoms in total. The van der Waals surface area contributed by atoms with E-state index in [9.17, 15) is 4.39 Å². The Kier molecular flexibility index (Phi) is 3.49. The molecule has 0 bridgehead atoms. The van der Waals surface area contributed by atoms with Gasteiger partial charge in [0.2, 0.25) is 5.95 Å². The zero-order valence-electron chi connectivity index (χ0n) is 14.1. The molecular weight excluding hydrogens is 325 g/mol. The Morgan fingerprint density at radius 3 is 2.46 bits per heavy atom. The van der Waals surface area contributed by atoms with Crippen LogP contribution in [0.4, 0.5) is 10.3 Å². The van der Waals surface area contributed by atoms with Crippen molar-refractivity contribution in [2.75, 3.05) is 5.32 Å². The van der Waals surface area contributed by atoms with Crippen LogP contribution in [0.2, 0.25) is 0 Å². The van der Waals surface area contributed by atoms with Gasteiger partial charge in [-0.05, 0) is 30.2 Å². The molecule has 2 heterocycles. The summed E-state index contributed by atoms with van der Waals surface area (Å²) in [5.41, 5.74) is 3.84. The van der Waals surface area contributed by atoms with Gasteiger partial charge in [0.1, 0.15) is 5.82 Å². The highest BCUT2D eigenvalue weighted by molar-refractivity contribution is 5.79. The van der Waals surface area contributed by atoms with E-state index in [-0.39, 0.29) is 17.9 Å². The molecule has 2 atom stereocenters. The van der Waals surface area contributed by atoms with Gasteiger partial charge in [0.05, 0.1) is 23.1 Å². The van der Waals surface area contributed by atoms with E-state index in [4.69, 9.17) is 4.98 Å². The van der Waals surface area contributed by atoms with Crippen LogP contribution in [0.3, 0.4) is 0 Å². The summed E-state index contributed by atoms with van der Waals surface area (Å²) >= 11 is 0. The van der Waals surface area contributed by atoms with E-state index in [0.29, 0.717) is 5.56 Å². The minimum absolute atomic E-state index is 0.0881. The second kappa shape index (κ2) is 5.99. The lowest BCUT2D eigenvalue weighted by Gasteiger charge is -2.33. The van der Waals surface area contributed by atoms with Crippen molar-refractivity contribution in [1.29, 1.82) is 0 Å². The molecule has 0 saturated heterocycles. The third kappa shape index (κ3) is 2.37. The van der Waals surface area contributed by atoms with Crippen LogP contribution >= 0.6 is 0 Å². The van der Waals surface area contributed by atoms with Crippen LogP contribution in [0.1, 0.15) is 29.6 Å². The topological polar surface area (TPSA) is 29.9 Å². The van der Waals surface area contributed by atoms with Crippen LogP contribution < -0.4 is 5.32 Å². The summed E-state index contributed by atoms with van der Waals surface area (Å²) in [6.07, 6.45) is 0.762. The molecule has 0 amide bonds. The van der Waals surface area contributed by atoms with Gasteiger partial charge in [-0.15, -0.1) is 0 Å². The minimum Gasteiger partial charge on any atom is -0.349 e. The molecule has 1 aromatic heterocycles. The van der Waals surface area contributed by atoms with E-state index in [1.165, 1.54) is 11.6 Å². The molecule has 3 aromatic carbocycles. The fraction of sp³-hybridized carbons (Fsp3) is 0.136. The Balaban J connectivity index is 1.71. The molecule has 5 rings (SSSR count). The SMILES string of the molecule is Fc1ccccc1[C@@H]1C[C@H](c2ccccc2)Nc2nc3ccccc3n21. The van der Waals surface area contributed by atoms with Crippen molar-refractivity contribution in [3.63, 3.8) is 0 Å². The van der Waals surface area contributed by atoms with Crippen molar-refractivity contribution in [2.45, 2.75) is 18.5 Å². The number of rotatable bonds is 2. The van der Waals surface area contributed by atoms with Gasteiger partial charge in [-0.3, -0.25) is 0 Å². The second-order valence-corrected chi connectivity index (χ2v) is 6.67. The van der Waals surface area contributed by atoms with Gasteiger partial charge in [0.25, 0.3) is 0 Å².